The van der Waals surface area contributed by atoms with Gasteiger partial charge in [-0.05, 0) is 0 Å². The number of carbonyl (C=O) groups is 1. The van der Waals surface area contributed by atoms with Crippen LogP contribution in [-0.2, 0) is 4.74 Å². The van der Waals surface area contributed by atoms with Crippen LogP contribution in [0.2, 0.25) is 5.32 Å². The summed E-state index contributed by atoms with van der Waals surface area (Å²) in [4.78, 5) is 11.4. The second kappa shape index (κ2) is 5.62. The van der Waals surface area contributed by atoms with Crippen molar-refractivity contribution in [1.29, 1.82) is 0 Å². The Morgan fingerprint density at radius 2 is 1.93 bits per heavy atom. The monoisotopic (exact) mass is 267 g/mol. The molecule has 0 aromatic carbocycles. The SMILES string of the molecule is CC(C)[C@@H](C[SeH])NC(=O)OC(C)(C)C. The molecular formula is C10H21NO2Se. The number of nitrogens with one attached hydrogen (secondary N) is 1. The number of ether oxygens (including phenoxy) is 1. The second-order valence-corrected chi connectivity index (χ2v) is 5.45. The minimum absolute atomic E-state index is 0.171. The zero-order chi connectivity index (χ0) is 11.4. The van der Waals surface area contributed by atoms with E-state index in [9.17, 15) is 4.79 Å². The molecule has 3 nitrogen and oxygen atoms in total. The first-order valence-corrected chi connectivity index (χ1v) is 6.19. The van der Waals surface area contributed by atoms with E-state index in [0.29, 0.717) is 5.92 Å². The van der Waals surface area contributed by atoms with Gasteiger partial charge in [-0.15, -0.1) is 0 Å². The third-order valence-electron chi connectivity index (χ3n) is 1.70. The summed E-state index contributed by atoms with van der Waals surface area (Å²) >= 11 is 2.49. The molecule has 0 aliphatic heterocycles. The van der Waals surface area contributed by atoms with Crippen LogP contribution in [0.25, 0.3) is 0 Å². The van der Waals surface area contributed by atoms with Crippen molar-refractivity contribution >= 4 is 22.1 Å². The van der Waals surface area contributed by atoms with Crippen molar-refractivity contribution in [2.45, 2.75) is 51.6 Å². The van der Waals surface area contributed by atoms with Crippen molar-refractivity contribution in [1.82, 2.24) is 5.32 Å². The van der Waals surface area contributed by atoms with Gasteiger partial charge in [0.15, 0.2) is 0 Å². The molecule has 0 aromatic rings. The molecule has 84 valence electrons. The fraction of sp³-hybridized carbons (Fsp3) is 0.900. The molecule has 1 N–H and O–H groups in total. The van der Waals surface area contributed by atoms with Crippen molar-refractivity contribution in [2.75, 3.05) is 0 Å². The van der Waals surface area contributed by atoms with E-state index in [0.717, 1.165) is 5.32 Å². The average molecular weight is 266 g/mol. The fourth-order valence-electron chi connectivity index (χ4n) is 0.882. The molecule has 0 spiro atoms. The van der Waals surface area contributed by atoms with E-state index >= 15 is 0 Å². The Morgan fingerprint density at radius 1 is 1.43 bits per heavy atom. The quantitative estimate of drug-likeness (QED) is 0.792. The molecule has 0 fully saturated rings. The first-order valence-electron chi connectivity index (χ1n) is 4.86. The minimum atomic E-state index is -0.422. The Morgan fingerprint density at radius 3 is 2.21 bits per heavy atom. The predicted octanol–water partition coefficient (Wildman–Crippen LogP) is 1.85. The normalized spacial score (nSPS) is 13.9. The third-order valence-corrected chi connectivity index (χ3v) is 2.53. The van der Waals surface area contributed by atoms with Gasteiger partial charge in [-0.3, -0.25) is 0 Å². The van der Waals surface area contributed by atoms with Crippen LogP contribution in [-0.4, -0.2) is 33.7 Å². The van der Waals surface area contributed by atoms with E-state index in [2.05, 4.69) is 35.2 Å². The topological polar surface area (TPSA) is 38.3 Å². The Balaban J connectivity index is 4.04. The van der Waals surface area contributed by atoms with Gasteiger partial charge in [0.25, 0.3) is 0 Å². The molecule has 0 heterocycles. The summed E-state index contributed by atoms with van der Waals surface area (Å²) in [6.45, 7) is 9.74. The van der Waals surface area contributed by atoms with Crippen LogP contribution >= 0.6 is 0 Å². The molecule has 4 heteroatoms. The van der Waals surface area contributed by atoms with Crippen LogP contribution in [0, 0.1) is 5.92 Å². The Bertz CT molecular complexity index is 187. The van der Waals surface area contributed by atoms with Crippen LogP contribution in [0.15, 0.2) is 0 Å². The average Bonchev–Trinajstić information content (AvgIpc) is 1.96. The summed E-state index contributed by atoms with van der Waals surface area (Å²) in [5, 5.41) is 3.71. The summed E-state index contributed by atoms with van der Waals surface area (Å²) in [5.41, 5.74) is -0.422. The molecule has 0 aromatic heterocycles. The molecule has 0 rings (SSSR count). The Kier molecular flexibility index (Phi) is 5.53. The van der Waals surface area contributed by atoms with Crippen molar-refractivity contribution < 1.29 is 9.53 Å². The summed E-state index contributed by atoms with van der Waals surface area (Å²) in [7, 11) is 0. The maximum absolute atomic E-state index is 11.4. The molecule has 0 saturated carbocycles. The van der Waals surface area contributed by atoms with Crippen LogP contribution < -0.4 is 5.32 Å². The van der Waals surface area contributed by atoms with E-state index in [1.165, 1.54) is 0 Å². The van der Waals surface area contributed by atoms with Gasteiger partial charge in [0.05, 0.1) is 0 Å². The summed E-state index contributed by atoms with van der Waals surface area (Å²) in [5.74, 6) is 0.422. The molecule has 0 bridgehead atoms. The predicted molar refractivity (Wildman–Crippen MR) is 60.0 cm³/mol. The first kappa shape index (κ1) is 13.8. The van der Waals surface area contributed by atoms with Crippen molar-refractivity contribution in [2.24, 2.45) is 5.92 Å². The molecule has 14 heavy (non-hydrogen) atoms. The van der Waals surface area contributed by atoms with E-state index in [1.54, 1.807) is 0 Å². The summed E-state index contributed by atoms with van der Waals surface area (Å²) in [6.07, 6.45) is -0.331. The molecule has 0 saturated heterocycles. The molecule has 0 aliphatic rings. The third kappa shape index (κ3) is 6.27. The van der Waals surface area contributed by atoms with Gasteiger partial charge in [0.2, 0.25) is 0 Å². The number of hydrogen-bond acceptors (Lipinski definition) is 2. The van der Waals surface area contributed by atoms with Gasteiger partial charge in [0.1, 0.15) is 0 Å². The molecule has 0 aliphatic carbocycles. The fourth-order valence-corrected chi connectivity index (χ4v) is 1.96. The molecular weight excluding hydrogens is 245 g/mol. The van der Waals surface area contributed by atoms with Gasteiger partial charge in [-0.1, -0.05) is 0 Å². The van der Waals surface area contributed by atoms with Crippen LogP contribution in [0.1, 0.15) is 34.6 Å². The molecule has 1 atom stereocenters. The second-order valence-electron chi connectivity index (χ2n) is 4.68. The van der Waals surface area contributed by atoms with Gasteiger partial charge in [-0.25, -0.2) is 0 Å². The Hall–Kier alpha value is -0.211. The zero-order valence-corrected chi connectivity index (χ0v) is 11.5. The summed E-state index contributed by atoms with van der Waals surface area (Å²) in [6, 6.07) is 0.171. The summed E-state index contributed by atoms with van der Waals surface area (Å²) < 4.78 is 5.16. The standard InChI is InChI=1S/C10H21NO2Se/c1-7(2)8(6-14)11-9(12)13-10(3,4)5/h7-8,14H,6H2,1-5H3,(H,11,12)/t8-/m1/s1. The number of hydrogen-bond donors (Lipinski definition) is 1. The molecule has 0 unspecified atom stereocenters. The molecule has 0 radical (unpaired) electrons. The van der Waals surface area contributed by atoms with E-state index in [-0.39, 0.29) is 12.1 Å². The van der Waals surface area contributed by atoms with Crippen molar-refractivity contribution in [3.8, 4) is 0 Å². The van der Waals surface area contributed by atoms with Crippen LogP contribution in [0.4, 0.5) is 4.79 Å². The van der Waals surface area contributed by atoms with E-state index in [4.69, 9.17) is 4.74 Å². The zero-order valence-electron chi connectivity index (χ0n) is 9.63. The van der Waals surface area contributed by atoms with Crippen LogP contribution in [0.3, 0.4) is 0 Å². The molecule has 1 amide bonds. The number of rotatable bonds is 3. The van der Waals surface area contributed by atoms with E-state index < -0.39 is 5.60 Å². The van der Waals surface area contributed by atoms with Gasteiger partial charge < -0.3 is 0 Å². The van der Waals surface area contributed by atoms with Gasteiger partial charge in [0, 0.05) is 0 Å². The van der Waals surface area contributed by atoms with E-state index in [1.807, 2.05) is 20.8 Å². The number of amides is 1. The Labute approximate surface area is 94.8 Å². The van der Waals surface area contributed by atoms with Crippen molar-refractivity contribution in [3.05, 3.63) is 0 Å². The first-order chi connectivity index (χ1) is 6.26. The number of alkyl carbamates (subject to hydrolysis) is 1. The van der Waals surface area contributed by atoms with Gasteiger partial charge in [-0.2, -0.15) is 0 Å². The maximum atomic E-state index is 11.4. The van der Waals surface area contributed by atoms with Crippen LogP contribution in [0.5, 0.6) is 0 Å². The van der Waals surface area contributed by atoms with Gasteiger partial charge >= 0.3 is 94.5 Å². The van der Waals surface area contributed by atoms with Crippen molar-refractivity contribution in [3.63, 3.8) is 0 Å². The number of carbonyl (C=O) groups excluding carboxylic acids is 1.